The summed E-state index contributed by atoms with van der Waals surface area (Å²) < 4.78 is 29.9. The largest absolute Gasteiger partial charge is 0.468 e. The van der Waals surface area contributed by atoms with Gasteiger partial charge in [0.1, 0.15) is 6.54 Å². The molecular formula is C11H23NO4S. The van der Waals surface area contributed by atoms with Crippen LogP contribution in [0.5, 0.6) is 0 Å². The van der Waals surface area contributed by atoms with E-state index in [9.17, 15) is 13.2 Å². The zero-order valence-electron chi connectivity index (χ0n) is 11.3. The molecule has 0 fully saturated rings. The van der Waals surface area contributed by atoms with Crippen LogP contribution in [0.15, 0.2) is 0 Å². The van der Waals surface area contributed by atoms with Crippen molar-refractivity contribution < 1.29 is 17.9 Å². The molecular weight excluding hydrogens is 242 g/mol. The first-order chi connectivity index (χ1) is 7.62. The third-order valence-corrected chi connectivity index (χ3v) is 4.34. The molecule has 0 aliphatic heterocycles. The van der Waals surface area contributed by atoms with Crippen LogP contribution in [0.1, 0.15) is 34.1 Å². The molecule has 0 aromatic rings. The maximum absolute atomic E-state index is 12.1. The van der Waals surface area contributed by atoms with E-state index < -0.39 is 16.0 Å². The Morgan fingerprint density at radius 2 is 1.82 bits per heavy atom. The van der Waals surface area contributed by atoms with E-state index in [0.29, 0.717) is 13.0 Å². The molecule has 6 heteroatoms. The monoisotopic (exact) mass is 265 g/mol. The number of esters is 1. The van der Waals surface area contributed by atoms with E-state index in [2.05, 4.69) is 4.74 Å². The summed E-state index contributed by atoms with van der Waals surface area (Å²) in [6.45, 7) is 7.57. The Balaban J connectivity index is 4.85. The summed E-state index contributed by atoms with van der Waals surface area (Å²) in [6, 6.07) is 0. The molecule has 0 rings (SSSR count). The summed E-state index contributed by atoms with van der Waals surface area (Å²) in [4.78, 5) is 11.2. The first-order valence-electron chi connectivity index (χ1n) is 5.67. The van der Waals surface area contributed by atoms with Crippen molar-refractivity contribution in [2.45, 2.75) is 34.1 Å². The SMILES string of the molecule is CCCN(CC(=O)OC)S(=O)(=O)CC(C)(C)C. The molecule has 0 aromatic heterocycles. The number of methoxy groups -OCH3 is 1. The fourth-order valence-electron chi connectivity index (χ4n) is 1.41. The molecule has 0 aromatic carbocycles. The maximum atomic E-state index is 12.1. The Morgan fingerprint density at radius 1 is 1.29 bits per heavy atom. The summed E-state index contributed by atoms with van der Waals surface area (Å²) in [5, 5.41) is 0. The molecule has 0 bridgehead atoms. The highest BCUT2D eigenvalue weighted by Gasteiger charge is 2.29. The van der Waals surface area contributed by atoms with Gasteiger partial charge in [0.2, 0.25) is 10.0 Å². The molecule has 0 heterocycles. The van der Waals surface area contributed by atoms with Crippen LogP contribution in [-0.4, -0.2) is 44.6 Å². The Bertz CT molecular complexity index is 343. The number of rotatable bonds is 6. The number of hydrogen-bond acceptors (Lipinski definition) is 4. The molecule has 102 valence electrons. The highest BCUT2D eigenvalue weighted by Crippen LogP contribution is 2.18. The Morgan fingerprint density at radius 3 is 2.18 bits per heavy atom. The van der Waals surface area contributed by atoms with E-state index in [4.69, 9.17) is 0 Å². The fourth-order valence-corrected chi connectivity index (χ4v) is 3.45. The number of ether oxygens (including phenoxy) is 1. The summed E-state index contributed by atoms with van der Waals surface area (Å²) in [5.41, 5.74) is -0.332. The normalized spacial score (nSPS) is 12.8. The lowest BCUT2D eigenvalue weighted by atomic mass is 10.0. The Kier molecular flexibility index (Phi) is 6.12. The predicted molar refractivity (Wildman–Crippen MR) is 67.1 cm³/mol. The third-order valence-electron chi connectivity index (χ3n) is 2.01. The van der Waals surface area contributed by atoms with Gasteiger partial charge in [0.15, 0.2) is 0 Å². The van der Waals surface area contributed by atoms with Crippen LogP contribution in [0.3, 0.4) is 0 Å². The highest BCUT2D eigenvalue weighted by atomic mass is 32.2. The van der Waals surface area contributed by atoms with Gasteiger partial charge in [-0.1, -0.05) is 27.7 Å². The van der Waals surface area contributed by atoms with Crippen molar-refractivity contribution in [3.8, 4) is 0 Å². The Labute approximate surface area is 104 Å². The predicted octanol–water partition coefficient (Wildman–Crippen LogP) is 1.25. The first-order valence-corrected chi connectivity index (χ1v) is 7.28. The summed E-state index contributed by atoms with van der Waals surface area (Å²) in [5.74, 6) is -0.507. The summed E-state index contributed by atoms with van der Waals surface area (Å²) in [7, 11) is -2.16. The third kappa shape index (κ3) is 6.63. The van der Waals surface area contributed by atoms with Gasteiger partial charge in [0, 0.05) is 6.54 Å². The second-order valence-electron chi connectivity index (χ2n) is 5.23. The van der Waals surface area contributed by atoms with Crippen molar-refractivity contribution in [3.05, 3.63) is 0 Å². The van der Waals surface area contributed by atoms with Crippen LogP contribution in [0.2, 0.25) is 0 Å². The molecule has 0 aliphatic rings. The number of sulfonamides is 1. The Hall–Kier alpha value is -0.620. The van der Waals surface area contributed by atoms with Gasteiger partial charge in [0.25, 0.3) is 0 Å². The second kappa shape index (κ2) is 6.35. The van der Waals surface area contributed by atoms with Crippen LogP contribution in [0.4, 0.5) is 0 Å². The molecule has 0 spiro atoms. The summed E-state index contributed by atoms with van der Waals surface area (Å²) >= 11 is 0. The molecule has 0 atom stereocenters. The van der Waals surface area contributed by atoms with E-state index in [1.54, 1.807) is 0 Å². The van der Waals surface area contributed by atoms with Gasteiger partial charge in [0.05, 0.1) is 12.9 Å². The van der Waals surface area contributed by atoms with Crippen LogP contribution in [0.25, 0.3) is 0 Å². The molecule has 0 unspecified atom stereocenters. The zero-order valence-corrected chi connectivity index (χ0v) is 12.1. The van der Waals surface area contributed by atoms with Crippen LogP contribution >= 0.6 is 0 Å². The van der Waals surface area contributed by atoms with Gasteiger partial charge in [-0.05, 0) is 11.8 Å². The number of hydrogen-bond donors (Lipinski definition) is 0. The zero-order chi connectivity index (χ0) is 13.7. The van der Waals surface area contributed by atoms with E-state index in [1.807, 2.05) is 27.7 Å². The molecule has 0 aliphatic carbocycles. The quantitative estimate of drug-likeness (QED) is 0.678. The lowest BCUT2D eigenvalue weighted by molar-refractivity contribution is -0.140. The standard InChI is InChI=1S/C11H23NO4S/c1-6-7-12(8-10(13)16-5)17(14,15)9-11(2,3)4/h6-9H2,1-5H3. The van der Waals surface area contributed by atoms with Crippen molar-refractivity contribution in [1.29, 1.82) is 0 Å². The molecule has 0 N–H and O–H groups in total. The van der Waals surface area contributed by atoms with Gasteiger partial charge in [-0.2, -0.15) is 4.31 Å². The van der Waals surface area contributed by atoms with E-state index >= 15 is 0 Å². The fraction of sp³-hybridized carbons (Fsp3) is 0.909. The minimum absolute atomic E-state index is 0.0248. The van der Waals surface area contributed by atoms with Gasteiger partial charge >= 0.3 is 5.97 Å². The smallest absolute Gasteiger partial charge is 0.321 e. The first kappa shape index (κ1) is 16.4. The van der Waals surface area contributed by atoms with E-state index in [-0.39, 0.29) is 17.7 Å². The van der Waals surface area contributed by atoms with E-state index in [1.165, 1.54) is 11.4 Å². The molecule has 5 nitrogen and oxygen atoms in total. The molecule has 0 saturated heterocycles. The average molecular weight is 265 g/mol. The summed E-state index contributed by atoms with van der Waals surface area (Å²) in [6.07, 6.45) is 0.667. The van der Waals surface area contributed by atoms with Crippen LogP contribution in [0, 0.1) is 5.41 Å². The van der Waals surface area contributed by atoms with Crippen molar-refractivity contribution in [2.75, 3.05) is 26.0 Å². The molecule has 17 heavy (non-hydrogen) atoms. The number of nitrogens with zero attached hydrogens (tertiary/aromatic N) is 1. The van der Waals surface area contributed by atoms with Crippen LogP contribution < -0.4 is 0 Å². The maximum Gasteiger partial charge on any atom is 0.321 e. The van der Waals surface area contributed by atoms with Gasteiger partial charge in [-0.15, -0.1) is 0 Å². The lowest BCUT2D eigenvalue weighted by Crippen LogP contribution is -2.40. The van der Waals surface area contributed by atoms with Gasteiger partial charge < -0.3 is 4.74 Å². The second-order valence-corrected chi connectivity index (χ2v) is 7.20. The number of carbonyl (C=O) groups excluding carboxylic acids is 1. The topological polar surface area (TPSA) is 63.7 Å². The van der Waals surface area contributed by atoms with E-state index in [0.717, 1.165) is 0 Å². The van der Waals surface area contributed by atoms with Crippen molar-refractivity contribution in [1.82, 2.24) is 4.31 Å². The minimum Gasteiger partial charge on any atom is -0.468 e. The van der Waals surface area contributed by atoms with Crippen LogP contribution in [-0.2, 0) is 19.6 Å². The van der Waals surface area contributed by atoms with Crippen molar-refractivity contribution >= 4 is 16.0 Å². The van der Waals surface area contributed by atoms with Crippen molar-refractivity contribution in [3.63, 3.8) is 0 Å². The van der Waals surface area contributed by atoms with Crippen molar-refractivity contribution in [2.24, 2.45) is 5.41 Å². The molecule has 0 saturated carbocycles. The average Bonchev–Trinajstić information content (AvgIpc) is 2.13. The molecule has 0 amide bonds. The van der Waals surface area contributed by atoms with Gasteiger partial charge in [-0.25, -0.2) is 8.42 Å². The van der Waals surface area contributed by atoms with Gasteiger partial charge in [-0.3, -0.25) is 4.79 Å². The minimum atomic E-state index is -3.41. The lowest BCUT2D eigenvalue weighted by Gasteiger charge is -2.25. The molecule has 0 radical (unpaired) electrons. The highest BCUT2D eigenvalue weighted by molar-refractivity contribution is 7.89. The number of carbonyl (C=O) groups is 1.